The SMILES string of the molecule is CC1=[C-]C(C)C(C)=C1C.[Ti]. The summed E-state index contributed by atoms with van der Waals surface area (Å²) in [5.41, 5.74) is 4.25. The van der Waals surface area contributed by atoms with Crippen LogP contribution in [0.15, 0.2) is 16.7 Å². The van der Waals surface area contributed by atoms with E-state index in [1.807, 2.05) is 0 Å². The van der Waals surface area contributed by atoms with Crippen LogP contribution in [0.1, 0.15) is 27.7 Å². The molecule has 0 saturated carbocycles. The van der Waals surface area contributed by atoms with E-state index < -0.39 is 0 Å². The van der Waals surface area contributed by atoms with Crippen LogP contribution in [0.4, 0.5) is 0 Å². The molecule has 0 aromatic heterocycles. The summed E-state index contributed by atoms with van der Waals surface area (Å²) in [5, 5.41) is 0. The number of hydrogen-bond acceptors (Lipinski definition) is 0. The molecule has 0 nitrogen and oxygen atoms in total. The van der Waals surface area contributed by atoms with Gasteiger partial charge < -0.3 is 0 Å². The molecule has 0 heterocycles. The van der Waals surface area contributed by atoms with Crippen LogP contribution >= 0.6 is 0 Å². The molecule has 1 unspecified atom stereocenters. The van der Waals surface area contributed by atoms with Gasteiger partial charge in [-0.25, -0.2) is 5.57 Å². The second-order valence-corrected chi connectivity index (χ2v) is 2.80. The van der Waals surface area contributed by atoms with Crippen LogP contribution in [0.25, 0.3) is 0 Å². The minimum absolute atomic E-state index is 0. The van der Waals surface area contributed by atoms with Crippen LogP contribution in [-0.4, -0.2) is 0 Å². The van der Waals surface area contributed by atoms with Gasteiger partial charge in [0.25, 0.3) is 0 Å². The van der Waals surface area contributed by atoms with Crippen molar-refractivity contribution >= 4 is 0 Å². The molecule has 0 aromatic carbocycles. The molecular formula is C9H13Ti-. The average Bonchev–Trinajstić information content (AvgIpc) is 1.98. The van der Waals surface area contributed by atoms with E-state index >= 15 is 0 Å². The molecule has 0 radical (unpaired) electrons. The summed E-state index contributed by atoms with van der Waals surface area (Å²) in [6.45, 7) is 8.67. The second kappa shape index (κ2) is 3.55. The maximum absolute atomic E-state index is 3.36. The predicted octanol–water partition coefficient (Wildman–Crippen LogP) is 2.72. The minimum atomic E-state index is 0. The Balaban J connectivity index is 0.000000810. The monoisotopic (exact) mass is 169 g/mol. The zero-order valence-electron chi connectivity index (χ0n) is 7.08. The summed E-state index contributed by atoms with van der Waals surface area (Å²) >= 11 is 0. The molecule has 0 N–H and O–H groups in total. The van der Waals surface area contributed by atoms with Gasteiger partial charge >= 0.3 is 0 Å². The zero-order valence-corrected chi connectivity index (χ0v) is 8.64. The van der Waals surface area contributed by atoms with E-state index in [4.69, 9.17) is 0 Å². The molecule has 0 aromatic rings. The van der Waals surface area contributed by atoms with Gasteiger partial charge in [0.1, 0.15) is 0 Å². The van der Waals surface area contributed by atoms with Gasteiger partial charge in [-0.2, -0.15) is 11.1 Å². The smallest absolute Gasteiger partial charge is 0 e. The van der Waals surface area contributed by atoms with E-state index in [9.17, 15) is 0 Å². The Labute approximate surface area is 78.3 Å². The van der Waals surface area contributed by atoms with E-state index in [0.29, 0.717) is 5.92 Å². The molecule has 1 aliphatic carbocycles. The fraction of sp³-hybridized carbons (Fsp3) is 0.556. The van der Waals surface area contributed by atoms with Gasteiger partial charge in [0.15, 0.2) is 0 Å². The molecule has 54 valence electrons. The van der Waals surface area contributed by atoms with Crippen molar-refractivity contribution in [1.82, 2.24) is 0 Å². The van der Waals surface area contributed by atoms with Crippen molar-refractivity contribution in [3.05, 3.63) is 22.8 Å². The van der Waals surface area contributed by atoms with Crippen molar-refractivity contribution in [3.63, 3.8) is 0 Å². The van der Waals surface area contributed by atoms with Gasteiger partial charge in [-0.05, 0) is 0 Å². The summed E-state index contributed by atoms with van der Waals surface area (Å²) in [4.78, 5) is 0. The van der Waals surface area contributed by atoms with Gasteiger partial charge in [0, 0.05) is 21.7 Å². The van der Waals surface area contributed by atoms with Crippen molar-refractivity contribution in [2.45, 2.75) is 27.7 Å². The van der Waals surface area contributed by atoms with Crippen molar-refractivity contribution in [2.24, 2.45) is 5.92 Å². The van der Waals surface area contributed by atoms with Crippen molar-refractivity contribution < 1.29 is 21.7 Å². The molecular weight excluding hydrogens is 156 g/mol. The molecule has 1 atom stereocenters. The first-order valence-electron chi connectivity index (χ1n) is 3.40. The van der Waals surface area contributed by atoms with Gasteiger partial charge in [-0.15, -0.1) is 6.92 Å². The van der Waals surface area contributed by atoms with Crippen LogP contribution in [0.2, 0.25) is 0 Å². The van der Waals surface area contributed by atoms with E-state index in [0.717, 1.165) is 0 Å². The average molecular weight is 169 g/mol. The third kappa shape index (κ3) is 1.62. The molecule has 1 rings (SSSR count). The Bertz CT molecular complexity index is 187. The molecule has 1 heteroatoms. The third-order valence-electron chi connectivity index (χ3n) is 2.24. The molecule has 0 amide bonds. The summed E-state index contributed by atoms with van der Waals surface area (Å²) in [6.07, 6.45) is 3.36. The fourth-order valence-electron chi connectivity index (χ4n) is 1.16. The predicted molar refractivity (Wildman–Crippen MR) is 40.0 cm³/mol. The Hall–Kier alpha value is 0.194. The standard InChI is InChI=1S/C9H13.Ti/c1-6-5-7(2)9(4)8(6)3;/h6H,1-4H3;/q-1;. The molecule has 10 heavy (non-hydrogen) atoms. The Morgan fingerprint density at radius 1 is 1.20 bits per heavy atom. The van der Waals surface area contributed by atoms with Gasteiger partial charge in [0.2, 0.25) is 0 Å². The third-order valence-corrected chi connectivity index (χ3v) is 2.24. The molecule has 0 aliphatic heterocycles. The molecule has 0 fully saturated rings. The molecule has 0 spiro atoms. The number of allylic oxidation sites excluding steroid dienone is 4. The van der Waals surface area contributed by atoms with Crippen molar-refractivity contribution in [2.75, 3.05) is 0 Å². The van der Waals surface area contributed by atoms with Gasteiger partial charge in [-0.1, -0.05) is 26.7 Å². The molecule has 0 saturated heterocycles. The largest absolute Gasteiger partial charge is 0.266 e. The molecule has 0 bridgehead atoms. The summed E-state index contributed by atoms with van der Waals surface area (Å²) in [5.74, 6) is 0.560. The molecule has 1 aliphatic rings. The van der Waals surface area contributed by atoms with E-state index in [1.54, 1.807) is 0 Å². The topological polar surface area (TPSA) is 0 Å². The summed E-state index contributed by atoms with van der Waals surface area (Å²) in [6, 6.07) is 0. The number of hydrogen-bond donors (Lipinski definition) is 0. The maximum atomic E-state index is 3.36. The van der Waals surface area contributed by atoms with E-state index in [1.165, 1.54) is 16.7 Å². The van der Waals surface area contributed by atoms with Crippen molar-refractivity contribution in [3.8, 4) is 0 Å². The normalized spacial score (nSPS) is 24.4. The second-order valence-electron chi connectivity index (χ2n) is 2.80. The van der Waals surface area contributed by atoms with Crippen LogP contribution in [-0.2, 0) is 21.7 Å². The Morgan fingerprint density at radius 2 is 1.70 bits per heavy atom. The van der Waals surface area contributed by atoms with E-state index in [2.05, 4.69) is 33.8 Å². The zero-order chi connectivity index (χ0) is 7.02. The summed E-state index contributed by atoms with van der Waals surface area (Å²) in [7, 11) is 0. The maximum Gasteiger partial charge on any atom is 0 e. The van der Waals surface area contributed by atoms with Crippen LogP contribution in [0, 0.1) is 12.0 Å². The first-order valence-corrected chi connectivity index (χ1v) is 3.40. The van der Waals surface area contributed by atoms with Gasteiger partial charge in [-0.3, -0.25) is 6.08 Å². The Morgan fingerprint density at radius 3 is 1.80 bits per heavy atom. The fourth-order valence-corrected chi connectivity index (χ4v) is 1.16. The van der Waals surface area contributed by atoms with Crippen LogP contribution in [0.3, 0.4) is 0 Å². The summed E-state index contributed by atoms with van der Waals surface area (Å²) < 4.78 is 0. The minimum Gasteiger partial charge on any atom is -0.266 e. The number of rotatable bonds is 0. The van der Waals surface area contributed by atoms with Crippen molar-refractivity contribution in [1.29, 1.82) is 0 Å². The first-order chi connectivity index (χ1) is 4.13. The van der Waals surface area contributed by atoms with E-state index in [-0.39, 0.29) is 21.7 Å². The quantitative estimate of drug-likeness (QED) is 0.386. The first kappa shape index (κ1) is 10.2. The van der Waals surface area contributed by atoms with Crippen LogP contribution < -0.4 is 0 Å². The van der Waals surface area contributed by atoms with Gasteiger partial charge in [0.05, 0.1) is 0 Å². The van der Waals surface area contributed by atoms with Crippen LogP contribution in [0.5, 0.6) is 0 Å². The Kier molecular flexibility index (Phi) is 3.62.